The van der Waals surface area contributed by atoms with Crippen molar-refractivity contribution in [2.24, 2.45) is 0 Å². The molecule has 6 heteroatoms. The van der Waals surface area contributed by atoms with Gasteiger partial charge in [-0.2, -0.15) is 0 Å². The normalized spacial score (nSPS) is 11.7. The number of rotatable bonds is 6. The third-order valence-corrected chi connectivity index (χ3v) is 4.11. The molecular formula is C17H18BrClN2O2. The van der Waals surface area contributed by atoms with Crippen LogP contribution in [0.5, 0.6) is 5.75 Å². The van der Waals surface area contributed by atoms with E-state index in [2.05, 4.69) is 26.6 Å². The lowest BCUT2D eigenvalue weighted by Crippen LogP contribution is -2.32. The summed E-state index contributed by atoms with van der Waals surface area (Å²) in [5.74, 6) is 0.533. The summed E-state index contributed by atoms with van der Waals surface area (Å²) in [6, 6.07) is 13.0. The van der Waals surface area contributed by atoms with E-state index in [0.29, 0.717) is 16.5 Å². The van der Waals surface area contributed by atoms with Crippen LogP contribution in [0.1, 0.15) is 18.5 Å². The van der Waals surface area contributed by atoms with Crippen LogP contribution < -0.4 is 15.4 Å². The van der Waals surface area contributed by atoms with Gasteiger partial charge in [-0.15, -0.1) is 0 Å². The number of carbonyl (C=O) groups is 1. The highest BCUT2D eigenvalue weighted by Crippen LogP contribution is 2.27. The fourth-order valence-corrected chi connectivity index (χ4v) is 2.56. The van der Waals surface area contributed by atoms with E-state index in [4.69, 9.17) is 16.3 Å². The molecule has 0 fully saturated rings. The van der Waals surface area contributed by atoms with E-state index >= 15 is 0 Å². The van der Waals surface area contributed by atoms with E-state index < -0.39 is 0 Å². The van der Waals surface area contributed by atoms with Crippen LogP contribution in [0, 0.1) is 0 Å². The first kappa shape index (κ1) is 17.6. The molecule has 2 aromatic rings. The molecule has 1 amide bonds. The molecule has 23 heavy (non-hydrogen) atoms. The van der Waals surface area contributed by atoms with Crippen molar-refractivity contribution < 1.29 is 9.53 Å². The van der Waals surface area contributed by atoms with Crippen molar-refractivity contribution in [2.45, 2.75) is 13.0 Å². The second kappa shape index (κ2) is 8.22. The van der Waals surface area contributed by atoms with Crippen LogP contribution in [-0.4, -0.2) is 19.6 Å². The number of ether oxygens (including phenoxy) is 1. The molecule has 0 radical (unpaired) electrons. The number of hydrogen-bond donors (Lipinski definition) is 2. The average molecular weight is 398 g/mol. The minimum absolute atomic E-state index is 0.0707. The molecule has 1 unspecified atom stereocenters. The van der Waals surface area contributed by atoms with Gasteiger partial charge in [-0.3, -0.25) is 4.79 Å². The fourth-order valence-electron chi connectivity index (χ4n) is 2.12. The van der Waals surface area contributed by atoms with Crippen LogP contribution in [0.25, 0.3) is 0 Å². The summed E-state index contributed by atoms with van der Waals surface area (Å²) in [5, 5.41) is 6.57. The molecule has 2 N–H and O–H groups in total. The number of benzene rings is 2. The minimum atomic E-state index is -0.109. The monoisotopic (exact) mass is 396 g/mol. The maximum absolute atomic E-state index is 12.1. The van der Waals surface area contributed by atoms with Crippen LogP contribution in [-0.2, 0) is 4.79 Å². The van der Waals surface area contributed by atoms with Gasteiger partial charge in [0, 0.05) is 9.50 Å². The van der Waals surface area contributed by atoms with Gasteiger partial charge in [-0.25, -0.2) is 0 Å². The molecule has 0 aliphatic heterocycles. The van der Waals surface area contributed by atoms with Gasteiger partial charge in [0.05, 0.1) is 25.4 Å². The number of carbonyl (C=O) groups excluding carboxylic acids is 1. The fraction of sp³-hybridized carbons (Fsp3) is 0.235. The molecular weight excluding hydrogens is 380 g/mol. The van der Waals surface area contributed by atoms with E-state index in [1.807, 2.05) is 31.2 Å². The Hall–Kier alpha value is -1.72. The van der Waals surface area contributed by atoms with E-state index in [1.54, 1.807) is 25.3 Å². The maximum atomic E-state index is 12.1. The number of anilines is 1. The minimum Gasteiger partial charge on any atom is -0.495 e. The third kappa shape index (κ3) is 5.15. The number of nitrogens with one attached hydrogen (secondary N) is 2. The van der Waals surface area contributed by atoms with Gasteiger partial charge in [0.1, 0.15) is 5.75 Å². The second-order valence-corrected chi connectivity index (χ2v) is 6.39. The Morgan fingerprint density at radius 2 is 1.96 bits per heavy atom. The predicted molar refractivity (Wildman–Crippen MR) is 97.2 cm³/mol. The molecule has 0 saturated heterocycles. The summed E-state index contributed by atoms with van der Waals surface area (Å²) in [4.78, 5) is 12.1. The molecule has 2 rings (SSSR count). The summed E-state index contributed by atoms with van der Waals surface area (Å²) in [5.41, 5.74) is 1.73. The lowest BCUT2D eigenvalue weighted by atomic mass is 10.1. The highest BCUT2D eigenvalue weighted by atomic mass is 79.9. The van der Waals surface area contributed by atoms with Gasteiger partial charge < -0.3 is 15.4 Å². The Labute approximate surface area is 149 Å². The predicted octanol–water partition coefficient (Wildman–Crippen LogP) is 4.40. The Morgan fingerprint density at radius 3 is 2.61 bits per heavy atom. The highest BCUT2D eigenvalue weighted by molar-refractivity contribution is 9.10. The first-order chi connectivity index (χ1) is 11.0. The Morgan fingerprint density at radius 1 is 1.26 bits per heavy atom. The largest absolute Gasteiger partial charge is 0.495 e. The molecule has 0 aliphatic carbocycles. The van der Waals surface area contributed by atoms with Gasteiger partial charge in [0.2, 0.25) is 5.91 Å². The summed E-state index contributed by atoms with van der Waals surface area (Å²) < 4.78 is 6.25. The second-order valence-electron chi connectivity index (χ2n) is 5.04. The van der Waals surface area contributed by atoms with Crippen LogP contribution in [0.4, 0.5) is 5.69 Å². The van der Waals surface area contributed by atoms with E-state index in [0.717, 1.165) is 10.0 Å². The molecule has 0 aromatic heterocycles. The maximum Gasteiger partial charge on any atom is 0.239 e. The molecule has 2 aromatic carbocycles. The zero-order valence-corrected chi connectivity index (χ0v) is 15.2. The van der Waals surface area contributed by atoms with Crippen molar-refractivity contribution in [1.29, 1.82) is 0 Å². The molecule has 0 spiro atoms. The molecule has 4 nitrogen and oxygen atoms in total. The number of methoxy groups -OCH3 is 1. The van der Waals surface area contributed by atoms with Crippen molar-refractivity contribution in [2.75, 3.05) is 19.0 Å². The van der Waals surface area contributed by atoms with Crippen molar-refractivity contribution in [3.63, 3.8) is 0 Å². The number of hydrogen-bond acceptors (Lipinski definition) is 3. The topological polar surface area (TPSA) is 50.4 Å². The van der Waals surface area contributed by atoms with Crippen LogP contribution in [0.15, 0.2) is 46.9 Å². The Bertz CT molecular complexity index is 677. The summed E-state index contributed by atoms with van der Waals surface area (Å²) in [7, 11) is 1.57. The molecule has 122 valence electrons. The summed E-state index contributed by atoms with van der Waals surface area (Å²) in [6.45, 7) is 2.08. The van der Waals surface area contributed by atoms with Gasteiger partial charge in [-0.1, -0.05) is 39.7 Å². The quantitative estimate of drug-likeness (QED) is 0.759. The molecule has 1 atom stereocenters. The summed E-state index contributed by atoms with van der Waals surface area (Å²) >= 11 is 9.36. The van der Waals surface area contributed by atoms with Crippen molar-refractivity contribution in [3.8, 4) is 5.75 Å². The Balaban J connectivity index is 1.92. The van der Waals surface area contributed by atoms with Crippen LogP contribution in [0.3, 0.4) is 0 Å². The van der Waals surface area contributed by atoms with Crippen LogP contribution >= 0.6 is 27.5 Å². The SMILES string of the molecule is COc1ccc(Cl)cc1NCC(=O)NC(C)c1ccc(Br)cc1. The average Bonchev–Trinajstić information content (AvgIpc) is 2.53. The van der Waals surface area contributed by atoms with Crippen molar-refractivity contribution in [3.05, 3.63) is 57.5 Å². The Kier molecular flexibility index (Phi) is 6.30. The molecule has 0 bridgehead atoms. The molecule has 0 saturated carbocycles. The van der Waals surface area contributed by atoms with Gasteiger partial charge >= 0.3 is 0 Å². The lowest BCUT2D eigenvalue weighted by molar-refractivity contribution is -0.120. The first-order valence-electron chi connectivity index (χ1n) is 7.12. The van der Waals surface area contributed by atoms with Crippen molar-refractivity contribution in [1.82, 2.24) is 5.32 Å². The summed E-state index contributed by atoms with van der Waals surface area (Å²) in [6.07, 6.45) is 0. The molecule has 0 heterocycles. The number of halogens is 2. The van der Waals surface area contributed by atoms with Gasteiger partial charge in [-0.05, 0) is 42.8 Å². The van der Waals surface area contributed by atoms with Crippen LogP contribution in [0.2, 0.25) is 5.02 Å². The zero-order chi connectivity index (χ0) is 16.8. The van der Waals surface area contributed by atoms with E-state index in [1.165, 1.54) is 0 Å². The van der Waals surface area contributed by atoms with Gasteiger partial charge in [0.15, 0.2) is 0 Å². The first-order valence-corrected chi connectivity index (χ1v) is 8.29. The zero-order valence-electron chi connectivity index (χ0n) is 12.9. The smallest absolute Gasteiger partial charge is 0.239 e. The van der Waals surface area contributed by atoms with Crippen molar-refractivity contribution >= 4 is 39.1 Å². The molecule has 0 aliphatic rings. The third-order valence-electron chi connectivity index (χ3n) is 3.35. The highest BCUT2D eigenvalue weighted by Gasteiger charge is 2.10. The van der Waals surface area contributed by atoms with E-state index in [9.17, 15) is 4.79 Å². The van der Waals surface area contributed by atoms with E-state index in [-0.39, 0.29) is 18.5 Å². The lowest BCUT2D eigenvalue weighted by Gasteiger charge is -2.16. The van der Waals surface area contributed by atoms with Gasteiger partial charge in [0.25, 0.3) is 0 Å². The standard InChI is InChI=1S/C17H18BrClN2O2/c1-11(12-3-5-13(18)6-4-12)21-17(22)10-20-15-9-14(19)7-8-16(15)23-2/h3-9,11,20H,10H2,1-2H3,(H,21,22). The number of amides is 1.